The smallest absolute Gasteiger partial charge is 0.0569 e. The number of benzene rings is 2. The molecule has 0 bridgehead atoms. The largest absolute Gasteiger partial charge is 0.378 e. The Balaban J connectivity index is 1.91. The second-order valence-electron chi connectivity index (χ2n) is 6.54. The summed E-state index contributed by atoms with van der Waals surface area (Å²) in [5.74, 6) is 0. The molecule has 2 aromatic carbocycles. The molecule has 1 nitrogen and oxygen atoms in total. The van der Waals surface area contributed by atoms with E-state index in [4.69, 9.17) is 11.6 Å². The number of fused-ring (bicyclic) bond motifs is 1. The third-order valence-corrected chi connectivity index (χ3v) is 4.35. The molecule has 0 radical (unpaired) electrons. The zero-order valence-electron chi connectivity index (χ0n) is 12.2. The Hall–Kier alpha value is -1.47. The first-order valence-corrected chi connectivity index (χ1v) is 7.47. The minimum Gasteiger partial charge on any atom is -0.378 e. The Morgan fingerprint density at radius 3 is 2.55 bits per heavy atom. The van der Waals surface area contributed by atoms with Crippen LogP contribution in [0.2, 0.25) is 5.02 Å². The van der Waals surface area contributed by atoms with E-state index in [1.165, 1.54) is 22.4 Å². The quantitative estimate of drug-likeness (QED) is 0.745. The van der Waals surface area contributed by atoms with Crippen LogP contribution >= 0.6 is 11.6 Å². The van der Waals surface area contributed by atoms with E-state index in [-0.39, 0.29) is 11.5 Å². The molecule has 1 aliphatic rings. The van der Waals surface area contributed by atoms with Crippen molar-refractivity contribution in [1.29, 1.82) is 0 Å². The highest BCUT2D eigenvalue weighted by Crippen LogP contribution is 2.38. The van der Waals surface area contributed by atoms with Gasteiger partial charge in [-0.05, 0) is 40.7 Å². The van der Waals surface area contributed by atoms with Crippen LogP contribution in [0.4, 0.5) is 5.69 Å². The third kappa shape index (κ3) is 2.43. The van der Waals surface area contributed by atoms with E-state index in [0.29, 0.717) is 0 Å². The number of hydrogen-bond acceptors (Lipinski definition) is 1. The number of hydrogen-bond donors (Lipinski definition) is 1. The highest BCUT2D eigenvalue weighted by molar-refractivity contribution is 6.31. The zero-order chi connectivity index (χ0) is 14.3. The van der Waals surface area contributed by atoms with Gasteiger partial charge in [0.2, 0.25) is 0 Å². The topological polar surface area (TPSA) is 12.0 Å². The molecular formula is C18H20ClN. The number of halogens is 1. The molecule has 0 spiro atoms. The summed E-state index contributed by atoms with van der Waals surface area (Å²) in [5, 5.41) is 4.43. The van der Waals surface area contributed by atoms with Gasteiger partial charge >= 0.3 is 0 Å². The van der Waals surface area contributed by atoms with Crippen molar-refractivity contribution in [2.24, 2.45) is 0 Å². The maximum absolute atomic E-state index is 6.31. The molecule has 0 amide bonds. The fourth-order valence-electron chi connectivity index (χ4n) is 2.77. The standard InChI is InChI=1S/C18H20ClN/c1-18(2,3)13-8-9-16-12(10-13)11-17(20-16)14-6-4-5-7-15(14)19/h4-10,17,20H,11H2,1-3H3. The number of nitrogens with one attached hydrogen (secondary N) is 1. The van der Waals surface area contributed by atoms with Crippen LogP contribution in [0.1, 0.15) is 43.5 Å². The molecule has 1 unspecified atom stereocenters. The predicted molar refractivity (Wildman–Crippen MR) is 86.7 cm³/mol. The molecule has 2 heteroatoms. The van der Waals surface area contributed by atoms with Gasteiger partial charge in [0.05, 0.1) is 6.04 Å². The Bertz CT molecular complexity index is 640. The minimum absolute atomic E-state index is 0.192. The molecule has 0 aliphatic carbocycles. The van der Waals surface area contributed by atoms with Crippen molar-refractivity contribution >= 4 is 17.3 Å². The van der Waals surface area contributed by atoms with Crippen LogP contribution in [0.15, 0.2) is 42.5 Å². The molecule has 0 saturated heterocycles. The summed E-state index contributed by atoms with van der Waals surface area (Å²) in [5.41, 5.74) is 5.39. The maximum Gasteiger partial charge on any atom is 0.0569 e. The van der Waals surface area contributed by atoms with E-state index in [1.807, 2.05) is 18.2 Å². The van der Waals surface area contributed by atoms with Gasteiger partial charge < -0.3 is 5.32 Å². The summed E-state index contributed by atoms with van der Waals surface area (Å²) in [6.45, 7) is 6.76. The summed E-state index contributed by atoms with van der Waals surface area (Å²) in [7, 11) is 0. The van der Waals surface area contributed by atoms with Crippen molar-refractivity contribution in [2.75, 3.05) is 5.32 Å². The van der Waals surface area contributed by atoms with Gasteiger partial charge in [0, 0.05) is 10.7 Å². The number of anilines is 1. The lowest BCUT2D eigenvalue weighted by Gasteiger charge is -2.19. The SMILES string of the molecule is CC(C)(C)c1ccc2c(c1)CC(c1ccccc1Cl)N2. The van der Waals surface area contributed by atoms with E-state index in [0.717, 1.165) is 11.4 Å². The second-order valence-corrected chi connectivity index (χ2v) is 6.95. The monoisotopic (exact) mass is 285 g/mol. The van der Waals surface area contributed by atoms with E-state index in [2.05, 4.69) is 50.4 Å². The minimum atomic E-state index is 0.192. The van der Waals surface area contributed by atoms with Gasteiger partial charge in [0.25, 0.3) is 0 Å². The van der Waals surface area contributed by atoms with Crippen molar-refractivity contribution in [3.63, 3.8) is 0 Å². The molecule has 1 N–H and O–H groups in total. The van der Waals surface area contributed by atoms with E-state index < -0.39 is 0 Å². The van der Waals surface area contributed by atoms with Gasteiger partial charge in [-0.25, -0.2) is 0 Å². The summed E-state index contributed by atoms with van der Waals surface area (Å²) < 4.78 is 0. The van der Waals surface area contributed by atoms with Crippen molar-refractivity contribution in [2.45, 2.75) is 38.6 Å². The molecule has 0 fully saturated rings. The van der Waals surface area contributed by atoms with Crippen LogP contribution in [0.5, 0.6) is 0 Å². The molecule has 2 aromatic rings. The highest BCUT2D eigenvalue weighted by atomic mass is 35.5. The van der Waals surface area contributed by atoms with E-state index in [9.17, 15) is 0 Å². The average molecular weight is 286 g/mol. The lowest BCUT2D eigenvalue weighted by molar-refractivity contribution is 0.589. The second kappa shape index (κ2) is 4.82. The third-order valence-electron chi connectivity index (χ3n) is 4.01. The summed E-state index contributed by atoms with van der Waals surface area (Å²) in [6.07, 6.45) is 1.00. The van der Waals surface area contributed by atoms with Gasteiger partial charge in [-0.15, -0.1) is 0 Å². The van der Waals surface area contributed by atoms with Crippen LogP contribution in [-0.2, 0) is 11.8 Å². The first-order valence-electron chi connectivity index (χ1n) is 7.09. The van der Waals surface area contributed by atoms with Crippen LogP contribution in [0, 0.1) is 0 Å². The highest BCUT2D eigenvalue weighted by Gasteiger charge is 2.25. The van der Waals surface area contributed by atoms with Crippen molar-refractivity contribution in [3.05, 3.63) is 64.2 Å². The van der Waals surface area contributed by atoms with Crippen LogP contribution in [-0.4, -0.2) is 0 Å². The molecule has 1 aliphatic heterocycles. The molecular weight excluding hydrogens is 266 g/mol. The van der Waals surface area contributed by atoms with Gasteiger partial charge in [-0.2, -0.15) is 0 Å². The van der Waals surface area contributed by atoms with Gasteiger partial charge in [0.15, 0.2) is 0 Å². The summed E-state index contributed by atoms with van der Waals surface area (Å²) in [4.78, 5) is 0. The normalized spacial score (nSPS) is 17.7. The molecule has 0 saturated carbocycles. The maximum atomic E-state index is 6.31. The molecule has 1 atom stereocenters. The van der Waals surface area contributed by atoms with Crippen molar-refractivity contribution < 1.29 is 0 Å². The molecule has 3 rings (SSSR count). The lowest BCUT2D eigenvalue weighted by Crippen LogP contribution is -2.10. The summed E-state index contributed by atoms with van der Waals surface area (Å²) in [6, 6.07) is 15.1. The fourth-order valence-corrected chi connectivity index (χ4v) is 3.04. The molecule has 20 heavy (non-hydrogen) atoms. The van der Waals surface area contributed by atoms with Crippen molar-refractivity contribution in [3.8, 4) is 0 Å². The molecule has 1 heterocycles. The van der Waals surface area contributed by atoms with Gasteiger partial charge in [-0.3, -0.25) is 0 Å². The Kier molecular flexibility index (Phi) is 3.25. The average Bonchev–Trinajstić information content (AvgIpc) is 2.80. The number of rotatable bonds is 1. The van der Waals surface area contributed by atoms with Gasteiger partial charge in [0.1, 0.15) is 0 Å². The first-order chi connectivity index (χ1) is 9.45. The Morgan fingerprint density at radius 1 is 1.10 bits per heavy atom. The lowest BCUT2D eigenvalue weighted by atomic mass is 9.85. The Morgan fingerprint density at radius 2 is 1.85 bits per heavy atom. The Labute approximate surface area is 126 Å². The molecule has 104 valence electrons. The van der Waals surface area contributed by atoms with Crippen LogP contribution in [0.25, 0.3) is 0 Å². The van der Waals surface area contributed by atoms with Crippen LogP contribution < -0.4 is 5.32 Å². The van der Waals surface area contributed by atoms with E-state index >= 15 is 0 Å². The predicted octanol–water partition coefficient (Wildman–Crippen LogP) is 5.35. The first kappa shape index (κ1) is 13.5. The summed E-state index contributed by atoms with van der Waals surface area (Å²) >= 11 is 6.31. The van der Waals surface area contributed by atoms with Crippen molar-refractivity contribution in [1.82, 2.24) is 0 Å². The fraction of sp³-hybridized carbons (Fsp3) is 0.333. The molecule has 0 aromatic heterocycles. The van der Waals surface area contributed by atoms with Crippen LogP contribution in [0.3, 0.4) is 0 Å². The van der Waals surface area contributed by atoms with E-state index in [1.54, 1.807) is 0 Å². The van der Waals surface area contributed by atoms with Gasteiger partial charge in [-0.1, -0.05) is 62.7 Å². The zero-order valence-corrected chi connectivity index (χ0v) is 13.0.